The molecule has 17 heavy (non-hydrogen) atoms. The Kier molecular flexibility index (Phi) is 3.96. The molecule has 0 heterocycles. The number of benzene rings is 1. The Morgan fingerprint density at radius 1 is 1.41 bits per heavy atom. The zero-order chi connectivity index (χ0) is 13.1. The summed E-state index contributed by atoms with van der Waals surface area (Å²) in [6, 6.07) is 5.20. The summed E-state index contributed by atoms with van der Waals surface area (Å²) in [5.74, 6) is 0.178. The fourth-order valence-electron chi connectivity index (χ4n) is 1.47. The molecule has 94 valence electrons. The maximum atomic E-state index is 11.0. The maximum absolute atomic E-state index is 11.0. The second-order valence-corrected chi connectivity index (χ2v) is 4.08. The maximum Gasteiger partial charge on any atom is 0.323 e. The third-order valence-corrected chi connectivity index (χ3v) is 2.54. The number of hydrogen-bond donors (Lipinski definition) is 2. The van der Waals surface area contributed by atoms with Gasteiger partial charge in [-0.3, -0.25) is 4.79 Å². The molecule has 0 amide bonds. The predicted molar refractivity (Wildman–Crippen MR) is 63.5 cm³/mol. The van der Waals surface area contributed by atoms with Gasteiger partial charge in [-0.25, -0.2) is 0 Å². The monoisotopic (exact) mass is 239 g/mol. The number of carbonyl (C=O) groups is 1. The van der Waals surface area contributed by atoms with E-state index in [0.717, 1.165) is 5.56 Å². The van der Waals surface area contributed by atoms with Crippen molar-refractivity contribution < 1.29 is 19.4 Å². The van der Waals surface area contributed by atoms with Crippen LogP contribution in [0.4, 0.5) is 0 Å². The average Bonchev–Trinajstić information content (AvgIpc) is 2.29. The van der Waals surface area contributed by atoms with E-state index in [0.29, 0.717) is 11.5 Å². The third kappa shape index (κ3) is 3.10. The molecule has 0 saturated carbocycles. The Hall–Kier alpha value is -1.75. The number of aliphatic carboxylic acids is 1. The fourth-order valence-corrected chi connectivity index (χ4v) is 1.47. The first kappa shape index (κ1) is 13.3. The molecule has 1 aromatic carbocycles. The van der Waals surface area contributed by atoms with E-state index in [1.165, 1.54) is 14.0 Å². The summed E-state index contributed by atoms with van der Waals surface area (Å²) in [6.45, 7) is 1.47. The van der Waals surface area contributed by atoms with Gasteiger partial charge in [0.1, 0.15) is 17.0 Å². The molecule has 0 aliphatic rings. The fraction of sp³-hybridized carbons (Fsp3) is 0.417. The Morgan fingerprint density at radius 2 is 2.06 bits per heavy atom. The summed E-state index contributed by atoms with van der Waals surface area (Å²) in [7, 11) is 3.08. The summed E-state index contributed by atoms with van der Waals surface area (Å²) in [6.07, 6.45) is 0.190. The number of carboxylic acid groups (broad SMARTS) is 1. The van der Waals surface area contributed by atoms with Gasteiger partial charge in [0.15, 0.2) is 0 Å². The Bertz CT molecular complexity index is 415. The van der Waals surface area contributed by atoms with Crippen LogP contribution >= 0.6 is 0 Å². The van der Waals surface area contributed by atoms with Crippen LogP contribution in [0.2, 0.25) is 0 Å². The molecule has 1 atom stereocenters. The molecule has 1 rings (SSSR count). The van der Waals surface area contributed by atoms with Gasteiger partial charge >= 0.3 is 5.97 Å². The van der Waals surface area contributed by atoms with Crippen molar-refractivity contribution in [3.05, 3.63) is 23.8 Å². The zero-order valence-corrected chi connectivity index (χ0v) is 10.2. The first-order chi connectivity index (χ1) is 7.90. The second kappa shape index (κ2) is 5.05. The zero-order valence-electron chi connectivity index (χ0n) is 10.2. The minimum Gasteiger partial charge on any atom is -0.497 e. The van der Waals surface area contributed by atoms with Crippen molar-refractivity contribution in [2.75, 3.05) is 14.2 Å². The van der Waals surface area contributed by atoms with E-state index in [-0.39, 0.29) is 6.42 Å². The van der Waals surface area contributed by atoms with E-state index in [4.69, 9.17) is 20.3 Å². The number of carboxylic acids is 1. The quantitative estimate of drug-likeness (QED) is 0.802. The van der Waals surface area contributed by atoms with Crippen LogP contribution in [-0.2, 0) is 11.2 Å². The highest BCUT2D eigenvalue weighted by Gasteiger charge is 2.29. The number of rotatable bonds is 5. The molecule has 0 radical (unpaired) electrons. The van der Waals surface area contributed by atoms with Gasteiger partial charge in [0, 0.05) is 12.5 Å². The van der Waals surface area contributed by atoms with E-state index in [9.17, 15) is 4.79 Å². The molecule has 1 aromatic rings. The SMILES string of the molecule is COc1ccc(CC(C)(N)C(=O)O)c(OC)c1. The van der Waals surface area contributed by atoms with Crippen molar-refractivity contribution in [3.63, 3.8) is 0 Å². The molecule has 3 N–H and O–H groups in total. The minimum atomic E-state index is -1.32. The van der Waals surface area contributed by atoms with Gasteiger partial charge in [0.05, 0.1) is 14.2 Å². The lowest BCUT2D eigenvalue weighted by Gasteiger charge is -2.20. The van der Waals surface area contributed by atoms with E-state index in [2.05, 4.69) is 0 Å². The molecule has 5 heteroatoms. The smallest absolute Gasteiger partial charge is 0.323 e. The van der Waals surface area contributed by atoms with Crippen LogP contribution in [0.1, 0.15) is 12.5 Å². The molecule has 1 unspecified atom stereocenters. The summed E-state index contributed by atoms with van der Waals surface area (Å²) >= 11 is 0. The van der Waals surface area contributed by atoms with Gasteiger partial charge in [-0.1, -0.05) is 6.07 Å². The Labute approximate surface area is 100 Å². The lowest BCUT2D eigenvalue weighted by Crippen LogP contribution is -2.46. The van der Waals surface area contributed by atoms with E-state index in [1.807, 2.05) is 0 Å². The normalized spacial score (nSPS) is 13.9. The lowest BCUT2D eigenvalue weighted by atomic mass is 9.93. The van der Waals surface area contributed by atoms with Gasteiger partial charge < -0.3 is 20.3 Å². The standard InChI is InChI=1S/C12H17NO4/c1-12(13,11(14)15)7-8-4-5-9(16-2)6-10(8)17-3/h4-6H,7,13H2,1-3H3,(H,14,15). The van der Waals surface area contributed by atoms with Crippen molar-refractivity contribution in [2.24, 2.45) is 5.73 Å². The summed E-state index contributed by atoms with van der Waals surface area (Å²) in [4.78, 5) is 11.0. The molecule has 0 bridgehead atoms. The van der Waals surface area contributed by atoms with Crippen molar-refractivity contribution >= 4 is 5.97 Å². The topological polar surface area (TPSA) is 81.8 Å². The third-order valence-electron chi connectivity index (χ3n) is 2.54. The van der Waals surface area contributed by atoms with Crippen LogP contribution in [0.25, 0.3) is 0 Å². The molecule has 0 saturated heterocycles. The Morgan fingerprint density at radius 3 is 2.53 bits per heavy atom. The second-order valence-electron chi connectivity index (χ2n) is 4.08. The predicted octanol–water partition coefficient (Wildman–Crippen LogP) is 1.05. The number of ether oxygens (including phenoxy) is 2. The van der Waals surface area contributed by atoms with Crippen molar-refractivity contribution in [2.45, 2.75) is 18.9 Å². The molecule has 5 nitrogen and oxygen atoms in total. The molecule has 0 fully saturated rings. The van der Waals surface area contributed by atoms with E-state index < -0.39 is 11.5 Å². The molecular weight excluding hydrogens is 222 g/mol. The summed E-state index contributed by atoms with van der Waals surface area (Å²) < 4.78 is 10.2. The van der Waals surface area contributed by atoms with Gasteiger partial charge in [-0.15, -0.1) is 0 Å². The van der Waals surface area contributed by atoms with Crippen LogP contribution in [0, 0.1) is 0 Å². The van der Waals surface area contributed by atoms with Crippen LogP contribution in [-0.4, -0.2) is 30.8 Å². The van der Waals surface area contributed by atoms with Crippen molar-refractivity contribution in [1.82, 2.24) is 0 Å². The van der Waals surface area contributed by atoms with Crippen LogP contribution < -0.4 is 15.2 Å². The first-order valence-corrected chi connectivity index (χ1v) is 5.14. The van der Waals surface area contributed by atoms with Crippen LogP contribution in [0.3, 0.4) is 0 Å². The molecule has 0 aliphatic carbocycles. The minimum absolute atomic E-state index is 0.190. The molecule has 0 aromatic heterocycles. The molecule has 0 aliphatic heterocycles. The highest BCUT2D eigenvalue weighted by Crippen LogP contribution is 2.27. The van der Waals surface area contributed by atoms with E-state index in [1.54, 1.807) is 25.3 Å². The average molecular weight is 239 g/mol. The summed E-state index contributed by atoms with van der Waals surface area (Å²) in [5, 5.41) is 8.98. The van der Waals surface area contributed by atoms with Crippen molar-refractivity contribution in [1.29, 1.82) is 0 Å². The molecular formula is C12H17NO4. The number of hydrogen-bond acceptors (Lipinski definition) is 4. The molecule has 0 spiro atoms. The Balaban J connectivity index is 3.02. The van der Waals surface area contributed by atoms with Gasteiger partial charge in [0.25, 0.3) is 0 Å². The van der Waals surface area contributed by atoms with Crippen LogP contribution in [0.5, 0.6) is 11.5 Å². The first-order valence-electron chi connectivity index (χ1n) is 5.14. The van der Waals surface area contributed by atoms with Gasteiger partial charge in [-0.2, -0.15) is 0 Å². The highest BCUT2D eigenvalue weighted by atomic mass is 16.5. The number of methoxy groups -OCH3 is 2. The number of nitrogens with two attached hydrogens (primary N) is 1. The largest absolute Gasteiger partial charge is 0.497 e. The highest BCUT2D eigenvalue weighted by molar-refractivity contribution is 5.78. The van der Waals surface area contributed by atoms with Crippen molar-refractivity contribution in [3.8, 4) is 11.5 Å². The van der Waals surface area contributed by atoms with Crippen LogP contribution in [0.15, 0.2) is 18.2 Å². The van der Waals surface area contributed by atoms with E-state index >= 15 is 0 Å². The van der Waals surface area contributed by atoms with Gasteiger partial charge in [0.2, 0.25) is 0 Å². The van der Waals surface area contributed by atoms with Gasteiger partial charge in [-0.05, 0) is 18.6 Å². The lowest BCUT2D eigenvalue weighted by molar-refractivity contribution is -0.142. The summed E-state index contributed by atoms with van der Waals surface area (Å²) in [5.41, 5.74) is 5.12.